The van der Waals surface area contributed by atoms with Gasteiger partial charge in [-0.25, -0.2) is 4.79 Å². The van der Waals surface area contributed by atoms with Crippen molar-refractivity contribution in [3.05, 3.63) is 41.4 Å². The third-order valence-corrected chi connectivity index (χ3v) is 6.51. The summed E-state index contributed by atoms with van der Waals surface area (Å²) < 4.78 is 0. The van der Waals surface area contributed by atoms with E-state index in [4.69, 9.17) is 11.6 Å². The number of thioether (sulfide) groups is 1. The van der Waals surface area contributed by atoms with Gasteiger partial charge in [-0.2, -0.15) is 0 Å². The molecule has 0 saturated carbocycles. The summed E-state index contributed by atoms with van der Waals surface area (Å²) in [5, 5.41) is 7.66. The summed E-state index contributed by atoms with van der Waals surface area (Å²) in [5.74, 6) is 0.0265. The van der Waals surface area contributed by atoms with Crippen LogP contribution in [0.4, 0.5) is 4.79 Å². The van der Waals surface area contributed by atoms with Gasteiger partial charge in [0.1, 0.15) is 5.54 Å². The van der Waals surface area contributed by atoms with Crippen molar-refractivity contribution in [3.8, 4) is 0 Å². The number of likely N-dealkylation sites (tertiary alicyclic amines) is 1. The molecule has 1 spiro atoms. The van der Waals surface area contributed by atoms with E-state index in [-0.39, 0.29) is 11.8 Å². The van der Waals surface area contributed by atoms with Crippen LogP contribution in [0.2, 0.25) is 5.02 Å². The van der Waals surface area contributed by atoms with Gasteiger partial charge in [-0.3, -0.25) is 14.9 Å². The number of hydrogen-bond donors (Lipinski definition) is 2. The first-order chi connectivity index (χ1) is 13.0. The number of carbonyl (C=O) groups is 3. The maximum Gasteiger partial charge on any atom is 0.322 e. The fourth-order valence-corrected chi connectivity index (χ4v) is 4.98. The Morgan fingerprint density at radius 2 is 1.85 bits per heavy atom. The highest BCUT2D eigenvalue weighted by Gasteiger charge is 2.48. The molecule has 2 aliphatic rings. The van der Waals surface area contributed by atoms with Gasteiger partial charge in [-0.05, 0) is 30.4 Å². The highest BCUT2D eigenvalue weighted by atomic mass is 35.5. The molecular weight excluding hydrogens is 386 g/mol. The number of fused-ring (bicyclic) bond motifs is 1. The first kappa shape index (κ1) is 18.1. The van der Waals surface area contributed by atoms with Crippen LogP contribution in [0.15, 0.2) is 41.3 Å². The molecule has 2 saturated heterocycles. The number of imide groups is 1. The van der Waals surface area contributed by atoms with E-state index in [1.165, 1.54) is 11.8 Å². The molecule has 8 heteroatoms. The molecule has 0 radical (unpaired) electrons. The molecular formula is C19H18ClN3O3S. The third kappa shape index (κ3) is 3.37. The molecule has 2 aliphatic heterocycles. The normalized spacial score (nSPS) is 18.6. The van der Waals surface area contributed by atoms with Crippen molar-refractivity contribution in [1.29, 1.82) is 0 Å². The number of amides is 4. The van der Waals surface area contributed by atoms with E-state index in [2.05, 4.69) is 10.6 Å². The van der Waals surface area contributed by atoms with E-state index in [0.29, 0.717) is 36.7 Å². The van der Waals surface area contributed by atoms with Gasteiger partial charge in [0.15, 0.2) is 0 Å². The topological polar surface area (TPSA) is 78.5 Å². The zero-order valence-electron chi connectivity index (χ0n) is 14.5. The monoisotopic (exact) mass is 403 g/mol. The van der Waals surface area contributed by atoms with Gasteiger partial charge in [-0.1, -0.05) is 35.9 Å². The Bertz CT molecular complexity index is 936. The van der Waals surface area contributed by atoms with Crippen molar-refractivity contribution in [2.45, 2.75) is 23.3 Å². The molecule has 4 amide bonds. The lowest BCUT2D eigenvalue weighted by molar-refractivity contribution is -0.133. The lowest BCUT2D eigenvalue weighted by Gasteiger charge is -2.37. The predicted molar refractivity (Wildman–Crippen MR) is 105 cm³/mol. The molecule has 140 valence electrons. The summed E-state index contributed by atoms with van der Waals surface area (Å²) in [6.07, 6.45) is 0.863. The van der Waals surface area contributed by atoms with Gasteiger partial charge in [-0.15, -0.1) is 11.8 Å². The van der Waals surface area contributed by atoms with Crippen LogP contribution in [-0.2, 0) is 9.59 Å². The Kier molecular flexibility index (Phi) is 4.74. The predicted octanol–water partition coefficient (Wildman–Crippen LogP) is 2.79. The standard InChI is InChI=1S/C19H18ClN3O3S/c20-13-5-1-3-12-4-2-6-14(16(12)13)27-11-15(24)23-9-7-19(8-10-23)17(25)21-18(26)22-19/h1-6H,7-11H2,(H2,21,22,25,26). The van der Waals surface area contributed by atoms with Gasteiger partial charge >= 0.3 is 6.03 Å². The van der Waals surface area contributed by atoms with Crippen molar-refractivity contribution in [2.75, 3.05) is 18.8 Å². The molecule has 0 aromatic heterocycles. The molecule has 2 aromatic carbocycles. The zero-order valence-corrected chi connectivity index (χ0v) is 16.0. The molecule has 0 aliphatic carbocycles. The van der Waals surface area contributed by atoms with Crippen LogP contribution in [0.25, 0.3) is 10.8 Å². The zero-order chi connectivity index (χ0) is 19.0. The molecule has 2 N–H and O–H groups in total. The van der Waals surface area contributed by atoms with Gasteiger partial charge in [0.2, 0.25) is 5.91 Å². The molecule has 0 atom stereocenters. The number of piperidine rings is 1. The van der Waals surface area contributed by atoms with E-state index in [1.807, 2.05) is 36.4 Å². The lowest BCUT2D eigenvalue weighted by Crippen LogP contribution is -2.56. The van der Waals surface area contributed by atoms with Crippen LogP contribution in [-0.4, -0.2) is 47.1 Å². The molecule has 2 aromatic rings. The maximum absolute atomic E-state index is 12.6. The summed E-state index contributed by atoms with van der Waals surface area (Å²) in [5.41, 5.74) is -0.857. The first-order valence-corrected chi connectivity index (χ1v) is 10.1. The summed E-state index contributed by atoms with van der Waals surface area (Å²) in [6.45, 7) is 0.896. The van der Waals surface area contributed by atoms with E-state index in [9.17, 15) is 14.4 Å². The quantitative estimate of drug-likeness (QED) is 0.610. The molecule has 6 nitrogen and oxygen atoms in total. The second-order valence-electron chi connectivity index (χ2n) is 6.75. The van der Waals surface area contributed by atoms with Crippen LogP contribution in [0.1, 0.15) is 12.8 Å². The van der Waals surface area contributed by atoms with Crippen LogP contribution >= 0.6 is 23.4 Å². The van der Waals surface area contributed by atoms with Crippen molar-refractivity contribution in [2.24, 2.45) is 0 Å². The summed E-state index contributed by atoms with van der Waals surface area (Å²) in [6, 6.07) is 11.2. The Morgan fingerprint density at radius 1 is 1.15 bits per heavy atom. The Balaban J connectivity index is 1.40. The lowest BCUT2D eigenvalue weighted by atomic mass is 9.88. The number of benzene rings is 2. The average molecular weight is 404 g/mol. The minimum absolute atomic E-state index is 0.0173. The first-order valence-electron chi connectivity index (χ1n) is 8.70. The summed E-state index contributed by atoms with van der Waals surface area (Å²) >= 11 is 7.81. The highest BCUT2D eigenvalue weighted by Crippen LogP contribution is 2.33. The highest BCUT2D eigenvalue weighted by molar-refractivity contribution is 8.00. The van der Waals surface area contributed by atoms with Crippen LogP contribution in [0.3, 0.4) is 0 Å². The Hall–Kier alpha value is -2.25. The Labute approximate surface area is 165 Å². The van der Waals surface area contributed by atoms with E-state index in [1.54, 1.807) is 4.90 Å². The number of halogens is 1. The van der Waals surface area contributed by atoms with Crippen LogP contribution in [0, 0.1) is 0 Å². The van der Waals surface area contributed by atoms with Crippen LogP contribution < -0.4 is 10.6 Å². The smallest absolute Gasteiger partial charge is 0.322 e. The van der Waals surface area contributed by atoms with Gasteiger partial charge in [0, 0.05) is 28.4 Å². The number of nitrogens with one attached hydrogen (secondary N) is 2. The van der Waals surface area contributed by atoms with E-state index in [0.717, 1.165) is 15.7 Å². The number of urea groups is 1. The number of hydrogen-bond acceptors (Lipinski definition) is 4. The average Bonchev–Trinajstić information content (AvgIpc) is 2.93. The largest absolute Gasteiger partial charge is 0.342 e. The molecule has 4 rings (SSSR count). The van der Waals surface area contributed by atoms with Crippen molar-refractivity contribution >= 4 is 52.0 Å². The second kappa shape index (κ2) is 7.05. The molecule has 2 fully saturated rings. The van der Waals surface area contributed by atoms with Crippen molar-refractivity contribution in [3.63, 3.8) is 0 Å². The minimum atomic E-state index is -0.857. The van der Waals surface area contributed by atoms with Gasteiger partial charge in [0.05, 0.1) is 5.75 Å². The number of nitrogens with zero attached hydrogens (tertiary/aromatic N) is 1. The molecule has 0 bridgehead atoms. The SMILES string of the molecule is O=C1NC(=O)C2(CCN(C(=O)CSc3cccc4cccc(Cl)c34)CC2)N1. The Morgan fingerprint density at radius 3 is 2.52 bits per heavy atom. The fourth-order valence-electron chi connectivity index (χ4n) is 3.63. The molecule has 0 unspecified atom stereocenters. The fraction of sp³-hybridized carbons (Fsp3) is 0.316. The van der Waals surface area contributed by atoms with Crippen molar-refractivity contribution in [1.82, 2.24) is 15.5 Å². The van der Waals surface area contributed by atoms with Crippen molar-refractivity contribution < 1.29 is 14.4 Å². The van der Waals surface area contributed by atoms with E-state index < -0.39 is 11.6 Å². The molecule has 27 heavy (non-hydrogen) atoms. The van der Waals surface area contributed by atoms with E-state index >= 15 is 0 Å². The third-order valence-electron chi connectivity index (χ3n) is 5.15. The maximum atomic E-state index is 12.6. The minimum Gasteiger partial charge on any atom is -0.342 e. The molecule has 2 heterocycles. The summed E-state index contributed by atoms with van der Waals surface area (Å²) in [7, 11) is 0. The van der Waals surface area contributed by atoms with Crippen LogP contribution in [0.5, 0.6) is 0 Å². The number of rotatable bonds is 3. The number of carbonyl (C=O) groups excluding carboxylic acids is 3. The van der Waals surface area contributed by atoms with Gasteiger partial charge < -0.3 is 10.2 Å². The second-order valence-corrected chi connectivity index (χ2v) is 8.18. The summed E-state index contributed by atoms with van der Waals surface area (Å²) in [4.78, 5) is 38.7. The van der Waals surface area contributed by atoms with Gasteiger partial charge in [0.25, 0.3) is 5.91 Å².